The van der Waals surface area contributed by atoms with Gasteiger partial charge in [0.2, 0.25) is 0 Å². The van der Waals surface area contributed by atoms with E-state index in [1.54, 1.807) is 12.1 Å². The highest BCUT2D eigenvalue weighted by atomic mass is 79.9. The maximum Gasteiger partial charge on any atom is 0.134 e. The van der Waals surface area contributed by atoms with Gasteiger partial charge in [-0.1, -0.05) is 54.6 Å². The number of ether oxygens (including phenoxy) is 1. The Kier molecular flexibility index (Phi) is 6.62. The minimum absolute atomic E-state index is 0.251. The number of allylic oxidation sites excluding steroid dienone is 2. The van der Waals surface area contributed by atoms with Gasteiger partial charge in [0.05, 0.1) is 16.2 Å². The molecule has 6 rings (SSSR count). The van der Waals surface area contributed by atoms with Gasteiger partial charge in [-0.15, -0.1) is 0 Å². The van der Waals surface area contributed by atoms with Gasteiger partial charge in [-0.2, -0.15) is 0 Å². The molecule has 1 aliphatic heterocycles. The molecule has 3 atom stereocenters. The van der Waals surface area contributed by atoms with E-state index < -0.39 is 0 Å². The molecule has 0 fully saturated rings. The summed E-state index contributed by atoms with van der Waals surface area (Å²) in [7, 11) is 0. The second-order valence-electron chi connectivity index (χ2n) is 9.52. The molecule has 4 aromatic rings. The Morgan fingerprint density at radius 1 is 0.973 bits per heavy atom. The average molecular weight is 553 g/mol. The predicted octanol–water partition coefficient (Wildman–Crippen LogP) is 8.74. The number of para-hydroxylation sites is 1. The Balaban J connectivity index is 1.12. The van der Waals surface area contributed by atoms with Crippen molar-refractivity contribution in [1.29, 1.82) is 0 Å². The van der Waals surface area contributed by atoms with Crippen LogP contribution in [0.1, 0.15) is 40.6 Å². The summed E-state index contributed by atoms with van der Waals surface area (Å²) < 4.78 is 19.8. The molecule has 0 amide bonds. The first-order valence-electron chi connectivity index (χ1n) is 12.5. The largest absolute Gasteiger partial charge is 0.488 e. The first kappa shape index (κ1) is 23.7. The van der Waals surface area contributed by atoms with Crippen molar-refractivity contribution in [3.8, 4) is 5.75 Å². The van der Waals surface area contributed by atoms with Crippen LogP contribution in [0.5, 0.6) is 5.75 Å². The number of fused-ring (bicyclic) bond motifs is 3. The first-order chi connectivity index (χ1) is 18.1. The molecule has 4 aromatic carbocycles. The summed E-state index contributed by atoms with van der Waals surface area (Å²) in [5.41, 5.74) is 6.71. The molecule has 184 valence electrons. The van der Waals surface area contributed by atoms with Crippen LogP contribution in [-0.2, 0) is 6.61 Å². The van der Waals surface area contributed by atoms with Gasteiger partial charge in [0.1, 0.15) is 18.2 Å². The van der Waals surface area contributed by atoms with Crippen molar-refractivity contribution in [3.63, 3.8) is 0 Å². The smallest absolute Gasteiger partial charge is 0.134 e. The van der Waals surface area contributed by atoms with Gasteiger partial charge in [-0.05, 0) is 99.1 Å². The number of benzene rings is 4. The van der Waals surface area contributed by atoms with Crippen LogP contribution in [0, 0.1) is 11.7 Å². The molecular weight excluding hydrogens is 527 g/mol. The molecular formula is C32H26BrFN2O. The molecule has 1 N–H and O–H groups in total. The van der Waals surface area contributed by atoms with Crippen LogP contribution in [0.4, 0.5) is 15.8 Å². The molecule has 0 saturated heterocycles. The van der Waals surface area contributed by atoms with E-state index in [1.165, 1.54) is 28.9 Å². The van der Waals surface area contributed by atoms with Gasteiger partial charge in [-0.3, -0.25) is 4.99 Å². The van der Waals surface area contributed by atoms with E-state index in [4.69, 9.17) is 4.74 Å². The van der Waals surface area contributed by atoms with Gasteiger partial charge in [0.15, 0.2) is 0 Å². The number of anilines is 1. The van der Waals surface area contributed by atoms with Crippen molar-refractivity contribution in [2.24, 2.45) is 10.9 Å². The fourth-order valence-electron chi connectivity index (χ4n) is 5.25. The zero-order valence-corrected chi connectivity index (χ0v) is 21.7. The number of nitrogens with zero attached hydrogens (tertiary/aromatic N) is 1. The summed E-state index contributed by atoms with van der Waals surface area (Å²) in [5, 5.41) is 3.78. The van der Waals surface area contributed by atoms with E-state index in [0.717, 1.165) is 33.5 Å². The van der Waals surface area contributed by atoms with E-state index in [0.29, 0.717) is 18.4 Å². The Hall–Kier alpha value is -3.70. The van der Waals surface area contributed by atoms with Gasteiger partial charge in [0.25, 0.3) is 0 Å². The highest BCUT2D eigenvalue weighted by molar-refractivity contribution is 9.10. The Morgan fingerprint density at radius 3 is 2.59 bits per heavy atom. The predicted molar refractivity (Wildman–Crippen MR) is 151 cm³/mol. The number of hydrogen-bond acceptors (Lipinski definition) is 3. The third kappa shape index (κ3) is 5.09. The lowest BCUT2D eigenvalue weighted by molar-refractivity contribution is 0.304. The standard InChI is InChI=1S/C32H26BrFN2O/c33-29-18-22(10-17-31(29)37-20-21-8-13-24(34)14-9-21)19-35-25-15-11-23(12-16-25)32-28-6-3-5-26(28)27-4-1-2-7-30(27)36-32/h1-5,7-19,26,28,32,36H,6,20H2/t26-,28+,32+/m1/s1. The van der Waals surface area contributed by atoms with Gasteiger partial charge in [0, 0.05) is 17.8 Å². The third-order valence-corrected chi connectivity index (χ3v) is 7.77. The Morgan fingerprint density at radius 2 is 1.78 bits per heavy atom. The van der Waals surface area contributed by atoms with Crippen molar-refractivity contribution < 1.29 is 9.13 Å². The summed E-state index contributed by atoms with van der Waals surface area (Å²) in [5.74, 6) is 1.48. The second-order valence-corrected chi connectivity index (χ2v) is 10.4. The molecule has 0 spiro atoms. The molecule has 0 radical (unpaired) electrons. The lowest BCUT2D eigenvalue weighted by atomic mass is 9.77. The summed E-state index contributed by atoms with van der Waals surface area (Å²) in [4.78, 5) is 4.68. The molecule has 0 unspecified atom stereocenters. The molecule has 3 nitrogen and oxygen atoms in total. The molecule has 5 heteroatoms. The van der Waals surface area contributed by atoms with Crippen LogP contribution in [0.2, 0.25) is 0 Å². The number of rotatable bonds is 6. The first-order valence-corrected chi connectivity index (χ1v) is 13.3. The van der Waals surface area contributed by atoms with E-state index >= 15 is 0 Å². The summed E-state index contributed by atoms with van der Waals surface area (Å²) >= 11 is 3.59. The molecule has 2 aliphatic rings. The molecule has 37 heavy (non-hydrogen) atoms. The van der Waals surface area contributed by atoms with Crippen molar-refractivity contribution in [2.75, 3.05) is 5.32 Å². The number of aliphatic imine (C=N–C) groups is 1. The quantitative estimate of drug-likeness (QED) is 0.191. The summed E-state index contributed by atoms with van der Waals surface area (Å²) in [6.45, 7) is 0.373. The lowest BCUT2D eigenvalue weighted by Crippen LogP contribution is -2.28. The highest BCUT2D eigenvalue weighted by Gasteiger charge is 2.37. The van der Waals surface area contributed by atoms with Crippen LogP contribution in [0.3, 0.4) is 0 Å². The number of hydrogen-bond donors (Lipinski definition) is 1. The van der Waals surface area contributed by atoms with Crippen LogP contribution < -0.4 is 10.1 Å². The maximum absolute atomic E-state index is 13.1. The summed E-state index contributed by atoms with van der Waals surface area (Å²) in [6.07, 6.45) is 7.64. The molecule has 1 aliphatic carbocycles. The van der Waals surface area contributed by atoms with Gasteiger partial charge >= 0.3 is 0 Å². The van der Waals surface area contributed by atoms with Crippen molar-refractivity contribution in [2.45, 2.75) is 25.0 Å². The fourth-order valence-corrected chi connectivity index (χ4v) is 5.76. The zero-order valence-electron chi connectivity index (χ0n) is 20.1. The lowest BCUT2D eigenvalue weighted by Gasteiger charge is -2.37. The SMILES string of the molecule is Fc1ccc(COc2ccc(C=Nc3ccc([C@@H]4Nc5ccccc5[C@H]5C=CC[C@@H]54)cc3)cc2Br)cc1. The molecule has 1 heterocycles. The zero-order chi connectivity index (χ0) is 25.2. The fraction of sp³-hybridized carbons (Fsp3) is 0.156. The Bertz CT molecular complexity index is 1460. The average Bonchev–Trinajstić information content (AvgIpc) is 3.43. The molecule has 0 bridgehead atoms. The van der Waals surface area contributed by atoms with Crippen LogP contribution in [0.15, 0.2) is 113 Å². The van der Waals surface area contributed by atoms with Crippen LogP contribution in [0.25, 0.3) is 0 Å². The minimum Gasteiger partial charge on any atom is -0.488 e. The number of nitrogens with one attached hydrogen (secondary N) is 1. The molecule has 0 saturated carbocycles. The van der Waals surface area contributed by atoms with Crippen molar-refractivity contribution >= 4 is 33.5 Å². The van der Waals surface area contributed by atoms with Crippen molar-refractivity contribution in [3.05, 3.63) is 136 Å². The minimum atomic E-state index is -0.251. The highest BCUT2D eigenvalue weighted by Crippen LogP contribution is 2.49. The second kappa shape index (κ2) is 10.3. The van der Waals surface area contributed by atoms with E-state index in [2.05, 4.69) is 86.9 Å². The monoisotopic (exact) mass is 552 g/mol. The van der Waals surface area contributed by atoms with Gasteiger partial charge < -0.3 is 10.1 Å². The van der Waals surface area contributed by atoms with E-state index in [9.17, 15) is 4.39 Å². The van der Waals surface area contributed by atoms with Gasteiger partial charge in [-0.25, -0.2) is 4.39 Å². The van der Waals surface area contributed by atoms with Crippen LogP contribution >= 0.6 is 15.9 Å². The normalized spacial score (nSPS) is 19.9. The van der Waals surface area contributed by atoms with Crippen molar-refractivity contribution in [1.82, 2.24) is 0 Å². The summed E-state index contributed by atoms with van der Waals surface area (Å²) in [6, 6.07) is 29.7. The maximum atomic E-state index is 13.1. The third-order valence-electron chi connectivity index (χ3n) is 7.15. The van der Waals surface area contributed by atoms with E-state index in [-0.39, 0.29) is 11.9 Å². The Labute approximate surface area is 224 Å². The topological polar surface area (TPSA) is 33.6 Å². The van der Waals surface area contributed by atoms with E-state index in [1.807, 2.05) is 24.4 Å². The number of halogens is 2. The molecule has 0 aromatic heterocycles. The van der Waals surface area contributed by atoms with Crippen LogP contribution in [-0.4, -0.2) is 6.21 Å².